The van der Waals surface area contributed by atoms with E-state index in [0.717, 1.165) is 21.9 Å². The largest absolute Gasteiger partial charge is 0.418 e. The molecule has 4 heteroatoms. The molecule has 0 N–H and O–H groups in total. The van der Waals surface area contributed by atoms with E-state index in [-0.39, 0.29) is 0 Å². The average molecular weight is 281 g/mol. The summed E-state index contributed by atoms with van der Waals surface area (Å²) in [4.78, 5) is 8.88. The van der Waals surface area contributed by atoms with Gasteiger partial charge in [0.1, 0.15) is 5.52 Å². The van der Waals surface area contributed by atoms with Gasteiger partial charge in [0.25, 0.3) is 0 Å². The van der Waals surface area contributed by atoms with Crippen LogP contribution in [-0.4, -0.2) is 9.97 Å². The predicted molar refractivity (Wildman–Crippen MR) is 79.8 cm³/mol. The first-order chi connectivity index (χ1) is 9.81. The molecule has 0 unspecified atom stereocenters. The third-order valence-electron chi connectivity index (χ3n) is 3.22. The van der Waals surface area contributed by atoms with E-state index in [1.54, 1.807) is 6.20 Å². The lowest BCUT2D eigenvalue weighted by molar-refractivity contribution is 0.608. The highest BCUT2D eigenvalue weighted by molar-refractivity contribution is 6.31. The van der Waals surface area contributed by atoms with Crippen molar-refractivity contribution in [3.8, 4) is 11.5 Å². The monoisotopic (exact) mass is 280 g/mol. The van der Waals surface area contributed by atoms with E-state index in [4.69, 9.17) is 16.0 Å². The standard InChI is InChI=1S/C16H9ClN2O/c17-12-6-7-13-11(8-12)9-18-16-14(13)19-15(20-16)10-4-2-1-3-5-10/h1-9H. The van der Waals surface area contributed by atoms with Crippen molar-refractivity contribution in [3.05, 3.63) is 59.8 Å². The van der Waals surface area contributed by atoms with Crippen LogP contribution in [-0.2, 0) is 0 Å². The van der Waals surface area contributed by atoms with Crippen LogP contribution in [0.3, 0.4) is 0 Å². The number of aromatic nitrogens is 2. The number of fused-ring (bicyclic) bond motifs is 3. The Balaban J connectivity index is 2.02. The van der Waals surface area contributed by atoms with Crippen LogP contribution in [0.15, 0.2) is 59.1 Å². The normalized spacial score (nSPS) is 11.2. The Bertz CT molecular complexity index is 916. The highest BCUT2D eigenvalue weighted by atomic mass is 35.5. The van der Waals surface area contributed by atoms with Crippen LogP contribution in [0.25, 0.3) is 33.5 Å². The topological polar surface area (TPSA) is 38.9 Å². The Morgan fingerprint density at radius 3 is 2.70 bits per heavy atom. The number of oxazole rings is 1. The molecule has 4 rings (SSSR count). The first-order valence-corrected chi connectivity index (χ1v) is 6.59. The molecule has 0 aliphatic rings. The van der Waals surface area contributed by atoms with Crippen LogP contribution in [0.1, 0.15) is 0 Å². The summed E-state index contributed by atoms with van der Waals surface area (Å²) >= 11 is 6.00. The van der Waals surface area contributed by atoms with Gasteiger partial charge in [-0.25, -0.2) is 9.97 Å². The van der Waals surface area contributed by atoms with Gasteiger partial charge in [0.05, 0.1) is 0 Å². The second-order valence-corrected chi connectivity index (χ2v) is 4.97. The molecule has 0 aliphatic heterocycles. The maximum absolute atomic E-state index is 6.00. The number of hydrogen-bond acceptors (Lipinski definition) is 3. The van der Waals surface area contributed by atoms with Crippen LogP contribution >= 0.6 is 11.6 Å². The molecule has 4 aromatic rings. The third-order valence-corrected chi connectivity index (χ3v) is 3.45. The average Bonchev–Trinajstić information content (AvgIpc) is 2.92. The Kier molecular flexibility index (Phi) is 2.47. The maximum atomic E-state index is 6.00. The summed E-state index contributed by atoms with van der Waals surface area (Å²) < 4.78 is 5.74. The van der Waals surface area contributed by atoms with Gasteiger partial charge in [-0.2, -0.15) is 0 Å². The molecule has 96 valence electrons. The summed E-state index contributed by atoms with van der Waals surface area (Å²) in [7, 11) is 0. The van der Waals surface area contributed by atoms with Gasteiger partial charge in [-0.3, -0.25) is 0 Å². The number of halogens is 1. The van der Waals surface area contributed by atoms with Crippen molar-refractivity contribution in [2.24, 2.45) is 0 Å². The SMILES string of the molecule is Clc1ccc2c(cnc3oc(-c4ccccc4)nc32)c1. The van der Waals surface area contributed by atoms with Crippen molar-refractivity contribution in [1.82, 2.24) is 9.97 Å². The zero-order chi connectivity index (χ0) is 13.5. The quantitative estimate of drug-likeness (QED) is 0.507. The Morgan fingerprint density at radius 2 is 1.85 bits per heavy atom. The first-order valence-electron chi connectivity index (χ1n) is 6.21. The molecular formula is C16H9ClN2O. The van der Waals surface area contributed by atoms with E-state index in [1.165, 1.54) is 0 Å². The maximum Gasteiger partial charge on any atom is 0.248 e. The van der Waals surface area contributed by atoms with Crippen molar-refractivity contribution in [1.29, 1.82) is 0 Å². The first kappa shape index (κ1) is 11.4. The summed E-state index contributed by atoms with van der Waals surface area (Å²) in [5, 5.41) is 2.63. The highest BCUT2D eigenvalue weighted by Crippen LogP contribution is 2.29. The number of benzene rings is 2. The molecule has 2 heterocycles. The van der Waals surface area contributed by atoms with Gasteiger partial charge < -0.3 is 4.42 Å². The van der Waals surface area contributed by atoms with E-state index in [2.05, 4.69) is 9.97 Å². The van der Waals surface area contributed by atoms with E-state index in [0.29, 0.717) is 16.6 Å². The van der Waals surface area contributed by atoms with Crippen molar-refractivity contribution >= 4 is 33.6 Å². The predicted octanol–water partition coefficient (Wildman–Crippen LogP) is 4.70. The van der Waals surface area contributed by atoms with Crippen molar-refractivity contribution in [2.75, 3.05) is 0 Å². The number of rotatable bonds is 1. The zero-order valence-corrected chi connectivity index (χ0v) is 11.1. The molecule has 2 aromatic carbocycles. The molecule has 20 heavy (non-hydrogen) atoms. The summed E-state index contributed by atoms with van der Waals surface area (Å²) in [6.07, 6.45) is 1.75. The third kappa shape index (κ3) is 1.75. The van der Waals surface area contributed by atoms with Crippen LogP contribution in [0, 0.1) is 0 Å². The van der Waals surface area contributed by atoms with Gasteiger partial charge in [-0.1, -0.05) is 35.9 Å². The number of nitrogens with zero attached hydrogens (tertiary/aromatic N) is 2. The molecule has 0 fully saturated rings. The van der Waals surface area contributed by atoms with Crippen LogP contribution in [0.5, 0.6) is 0 Å². The molecule has 0 saturated carbocycles. The molecule has 3 nitrogen and oxygen atoms in total. The van der Waals surface area contributed by atoms with Gasteiger partial charge >= 0.3 is 0 Å². The van der Waals surface area contributed by atoms with Crippen molar-refractivity contribution in [2.45, 2.75) is 0 Å². The molecule has 2 aromatic heterocycles. The molecule has 0 aliphatic carbocycles. The van der Waals surface area contributed by atoms with Gasteiger partial charge in [0, 0.05) is 27.6 Å². The van der Waals surface area contributed by atoms with Crippen LogP contribution in [0.2, 0.25) is 5.02 Å². The second-order valence-electron chi connectivity index (χ2n) is 4.53. The van der Waals surface area contributed by atoms with E-state index in [9.17, 15) is 0 Å². The highest BCUT2D eigenvalue weighted by Gasteiger charge is 2.11. The van der Waals surface area contributed by atoms with Crippen molar-refractivity contribution < 1.29 is 4.42 Å². The minimum atomic E-state index is 0.540. The summed E-state index contributed by atoms with van der Waals surface area (Å²) in [5.41, 5.74) is 2.24. The number of pyridine rings is 1. The van der Waals surface area contributed by atoms with E-state index in [1.807, 2.05) is 48.5 Å². The molecule has 0 saturated heterocycles. The Hall–Kier alpha value is -2.39. The molecule has 0 bridgehead atoms. The fourth-order valence-electron chi connectivity index (χ4n) is 2.26. The zero-order valence-electron chi connectivity index (χ0n) is 10.4. The summed E-state index contributed by atoms with van der Waals surface area (Å²) in [5.74, 6) is 0.579. The van der Waals surface area contributed by atoms with Gasteiger partial charge in [0.15, 0.2) is 0 Å². The molecule has 0 atom stereocenters. The minimum absolute atomic E-state index is 0.540. The van der Waals surface area contributed by atoms with E-state index < -0.39 is 0 Å². The Labute approximate surface area is 119 Å². The fraction of sp³-hybridized carbons (Fsp3) is 0. The summed E-state index contributed by atoms with van der Waals surface area (Å²) in [6.45, 7) is 0. The summed E-state index contributed by atoms with van der Waals surface area (Å²) in [6, 6.07) is 15.5. The lowest BCUT2D eigenvalue weighted by Crippen LogP contribution is -1.79. The number of hydrogen-bond donors (Lipinski definition) is 0. The van der Waals surface area contributed by atoms with E-state index >= 15 is 0 Å². The molecule has 0 spiro atoms. The smallest absolute Gasteiger partial charge is 0.248 e. The molecule has 0 radical (unpaired) electrons. The van der Waals surface area contributed by atoms with Crippen molar-refractivity contribution in [3.63, 3.8) is 0 Å². The van der Waals surface area contributed by atoms with Crippen LogP contribution < -0.4 is 0 Å². The lowest BCUT2D eigenvalue weighted by Gasteiger charge is -1.97. The fourth-order valence-corrected chi connectivity index (χ4v) is 2.44. The minimum Gasteiger partial charge on any atom is -0.418 e. The molecule has 0 amide bonds. The molecular weight excluding hydrogens is 272 g/mol. The van der Waals surface area contributed by atoms with Gasteiger partial charge in [-0.15, -0.1) is 0 Å². The van der Waals surface area contributed by atoms with Crippen LogP contribution in [0.4, 0.5) is 0 Å². The second kappa shape index (κ2) is 4.32. The Morgan fingerprint density at radius 1 is 1.00 bits per heavy atom. The van der Waals surface area contributed by atoms with Gasteiger partial charge in [-0.05, 0) is 24.3 Å². The van der Waals surface area contributed by atoms with Gasteiger partial charge in [0.2, 0.25) is 11.6 Å². The lowest BCUT2D eigenvalue weighted by atomic mass is 10.1.